The Labute approximate surface area is 199 Å². The summed E-state index contributed by atoms with van der Waals surface area (Å²) in [6.45, 7) is 10.9. The lowest BCUT2D eigenvalue weighted by Gasteiger charge is -2.56. The van der Waals surface area contributed by atoms with Crippen molar-refractivity contribution in [2.45, 2.75) is 109 Å². The van der Waals surface area contributed by atoms with Crippen molar-refractivity contribution in [3.63, 3.8) is 0 Å². The summed E-state index contributed by atoms with van der Waals surface area (Å²) in [4.78, 5) is 0. The average Bonchev–Trinajstić information content (AvgIpc) is 3.05. The summed E-state index contributed by atoms with van der Waals surface area (Å²) in [6, 6.07) is 0. The second-order valence-electron chi connectivity index (χ2n) is 12.0. The van der Waals surface area contributed by atoms with E-state index in [9.17, 15) is 15.3 Å². The average molecular weight is 461 g/mol. The molecule has 2 saturated carbocycles. The predicted octanol–water partition coefficient (Wildman–Crippen LogP) is 5.80. The minimum Gasteiger partial charge on any atom is -0.393 e. The Morgan fingerprint density at radius 2 is 1.91 bits per heavy atom. The maximum atomic E-state index is 11.0. The molecule has 4 aliphatic carbocycles. The molecule has 0 aromatic heterocycles. The van der Waals surface area contributed by atoms with Crippen LogP contribution in [0.5, 0.6) is 0 Å². The Hall–Kier alpha value is -0.550. The Kier molecular flexibility index (Phi) is 6.84. The molecule has 0 aliphatic heterocycles. The molecule has 0 amide bonds. The van der Waals surface area contributed by atoms with E-state index < -0.39 is 17.8 Å². The topological polar surface area (TPSA) is 60.7 Å². The quantitative estimate of drug-likeness (QED) is 0.332. The van der Waals surface area contributed by atoms with Crippen LogP contribution in [-0.2, 0) is 0 Å². The first kappa shape index (κ1) is 24.6. The molecule has 3 N–H and O–H groups in total. The first-order valence-electron chi connectivity index (χ1n) is 12.8. The minimum atomic E-state index is -0.549. The fourth-order valence-corrected chi connectivity index (χ4v) is 8.58. The number of allylic oxidation sites excluding steroid dienone is 4. The number of aliphatic hydroxyl groups is 3. The van der Waals surface area contributed by atoms with E-state index >= 15 is 0 Å². The molecule has 4 heteroatoms. The van der Waals surface area contributed by atoms with Crippen LogP contribution in [0.4, 0.5) is 0 Å². The first-order chi connectivity index (χ1) is 15.0. The van der Waals surface area contributed by atoms with E-state index in [2.05, 4.69) is 50.8 Å². The largest absolute Gasteiger partial charge is 0.393 e. The van der Waals surface area contributed by atoms with Crippen molar-refractivity contribution < 1.29 is 15.3 Å². The summed E-state index contributed by atoms with van der Waals surface area (Å²) in [7, 11) is 0. The van der Waals surface area contributed by atoms with Gasteiger partial charge in [0, 0.05) is 17.1 Å². The number of thioether (sulfide) groups is 1. The standard InChI is InChI=1S/C28H44O3S/c1-18(32-15-7-6-13-26(2,3)31)22-10-11-23-21-9-8-19-16-20(29)17-25(30)28(19,5)24(21)12-14-27(22,23)4/h8-10,18,20,23-25,29-31H,6-7,11-17H2,1-5H3/t18?,20?,23-,24-,25?,27+,28-/m0/s1. The lowest BCUT2D eigenvalue weighted by atomic mass is 9.50. The Bertz CT molecular complexity index is 806. The summed E-state index contributed by atoms with van der Waals surface area (Å²) < 4.78 is 0. The van der Waals surface area contributed by atoms with Gasteiger partial charge in [0.1, 0.15) is 0 Å². The van der Waals surface area contributed by atoms with E-state index in [0.29, 0.717) is 29.9 Å². The van der Waals surface area contributed by atoms with Crippen molar-refractivity contribution in [1.82, 2.24) is 0 Å². The molecule has 3 nitrogen and oxygen atoms in total. The summed E-state index contributed by atoms with van der Waals surface area (Å²) in [5, 5.41) is 31.7. The lowest BCUT2D eigenvalue weighted by Crippen LogP contribution is -2.52. The van der Waals surface area contributed by atoms with Gasteiger partial charge in [0.25, 0.3) is 0 Å². The molecule has 0 saturated heterocycles. The van der Waals surface area contributed by atoms with E-state index in [-0.39, 0.29) is 10.8 Å². The third-order valence-corrected chi connectivity index (χ3v) is 10.6. The maximum Gasteiger partial charge on any atom is 0.0661 e. The van der Waals surface area contributed by atoms with E-state index in [0.717, 1.165) is 37.9 Å². The number of fused-ring (bicyclic) bond motifs is 5. The monoisotopic (exact) mass is 460 g/mol. The van der Waals surface area contributed by atoms with Crippen molar-refractivity contribution in [3.05, 3.63) is 34.9 Å². The summed E-state index contributed by atoms with van der Waals surface area (Å²) in [5.41, 5.74) is 3.90. The van der Waals surface area contributed by atoms with Crippen LogP contribution in [0.15, 0.2) is 34.9 Å². The molecule has 0 aromatic carbocycles. The molecule has 4 rings (SSSR count). The van der Waals surface area contributed by atoms with Crippen molar-refractivity contribution in [2.24, 2.45) is 22.7 Å². The fraction of sp³-hybridized carbons (Fsp3) is 0.786. The zero-order valence-electron chi connectivity index (χ0n) is 20.7. The van der Waals surface area contributed by atoms with Crippen LogP contribution in [0.3, 0.4) is 0 Å². The molecule has 0 spiro atoms. The number of rotatable bonds is 7. The van der Waals surface area contributed by atoms with Gasteiger partial charge in [0.2, 0.25) is 0 Å². The second-order valence-corrected chi connectivity index (χ2v) is 13.4. The van der Waals surface area contributed by atoms with E-state index in [1.807, 2.05) is 13.8 Å². The lowest BCUT2D eigenvalue weighted by molar-refractivity contribution is -0.0489. The van der Waals surface area contributed by atoms with Crippen molar-refractivity contribution in [3.8, 4) is 0 Å². The van der Waals surface area contributed by atoms with Gasteiger partial charge in [-0.1, -0.05) is 48.8 Å². The summed E-state index contributed by atoms with van der Waals surface area (Å²) in [5.74, 6) is 2.10. The SMILES string of the molecule is CC(SCCCCC(C)(C)O)C1=CC[C@H]2C3=CC=C4CC(O)CC(O)[C@]4(C)[C@H]3CC[C@]12C. The molecule has 32 heavy (non-hydrogen) atoms. The molecule has 4 aliphatic rings. The molecule has 0 heterocycles. The van der Waals surface area contributed by atoms with Gasteiger partial charge in [0.05, 0.1) is 17.8 Å². The Balaban J connectivity index is 1.44. The first-order valence-corrected chi connectivity index (χ1v) is 13.8. The summed E-state index contributed by atoms with van der Waals surface area (Å²) in [6.07, 6.45) is 14.0. The van der Waals surface area contributed by atoms with Gasteiger partial charge in [-0.25, -0.2) is 0 Å². The van der Waals surface area contributed by atoms with Crippen molar-refractivity contribution >= 4 is 11.8 Å². The van der Waals surface area contributed by atoms with E-state index in [1.54, 1.807) is 11.1 Å². The number of hydrogen-bond acceptors (Lipinski definition) is 4. The van der Waals surface area contributed by atoms with Gasteiger partial charge < -0.3 is 15.3 Å². The smallest absolute Gasteiger partial charge is 0.0661 e. The molecule has 3 unspecified atom stereocenters. The highest BCUT2D eigenvalue weighted by Crippen LogP contribution is 2.64. The van der Waals surface area contributed by atoms with Crippen LogP contribution < -0.4 is 0 Å². The van der Waals surface area contributed by atoms with Crippen LogP contribution in [0.2, 0.25) is 0 Å². The summed E-state index contributed by atoms with van der Waals surface area (Å²) >= 11 is 2.08. The normalized spacial score (nSPS) is 39.9. The van der Waals surface area contributed by atoms with E-state index in [4.69, 9.17) is 0 Å². The zero-order chi connectivity index (χ0) is 23.3. The molecule has 0 radical (unpaired) electrons. The highest BCUT2D eigenvalue weighted by Gasteiger charge is 2.57. The molecular weight excluding hydrogens is 416 g/mol. The van der Waals surface area contributed by atoms with Gasteiger partial charge in [-0.2, -0.15) is 11.8 Å². The highest BCUT2D eigenvalue weighted by atomic mass is 32.2. The molecule has 7 atom stereocenters. The molecule has 0 aromatic rings. The number of hydrogen-bond donors (Lipinski definition) is 3. The molecular formula is C28H44O3S. The van der Waals surface area contributed by atoms with E-state index in [1.165, 1.54) is 12.0 Å². The second kappa shape index (κ2) is 8.91. The number of aliphatic hydroxyl groups excluding tert-OH is 2. The van der Waals surface area contributed by atoms with Crippen LogP contribution in [0.1, 0.15) is 86.0 Å². The third kappa shape index (κ3) is 4.30. The predicted molar refractivity (Wildman–Crippen MR) is 135 cm³/mol. The highest BCUT2D eigenvalue weighted by molar-refractivity contribution is 8.00. The van der Waals surface area contributed by atoms with Crippen LogP contribution in [0.25, 0.3) is 0 Å². The van der Waals surface area contributed by atoms with Gasteiger partial charge in [0.15, 0.2) is 0 Å². The van der Waals surface area contributed by atoms with Gasteiger partial charge >= 0.3 is 0 Å². The van der Waals surface area contributed by atoms with Crippen molar-refractivity contribution in [1.29, 1.82) is 0 Å². The third-order valence-electron chi connectivity index (χ3n) is 9.28. The zero-order valence-corrected chi connectivity index (χ0v) is 21.5. The van der Waals surface area contributed by atoms with Gasteiger partial charge in [-0.15, -0.1) is 0 Å². The Morgan fingerprint density at radius 3 is 2.62 bits per heavy atom. The van der Waals surface area contributed by atoms with Crippen LogP contribution >= 0.6 is 11.8 Å². The fourth-order valence-electron chi connectivity index (χ4n) is 7.31. The molecule has 180 valence electrons. The Morgan fingerprint density at radius 1 is 1.16 bits per heavy atom. The minimum absolute atomic E-state index is 0.214. The molecule has 0 bridgehead atoms. The maximum absolute atomic E-state index is 11.0. The van der Waals surface area contributed by atoms with Gasteiger partial charge in [-0.05, 0) is 88.7 Å². The number of unbranched alkanes of at least 4 members (excludes halogenated alkanes) is 1. The van der Waals surface area contributed by atoms with Gasteiger partial charge in [-0.3, -0.25) is 0 Å². The van der Waals surface area contributed by atoms with Crippen LogP contribution in [-0.4, -0.2) is 44.1 Å². The van der Waals surface area contributed by atoms with Crippen LogP contribution in [0, 0.1) is 22.7 Å². The molecule has 2 fully saturated rings. The van der Waals surface area contributed by atoms with Crippen molar-refractivity contribution in [2.75, 3.05) is 5.75 Å².